The van der Waals surface area contributed by atoms with Crippen LogP contribution in [0.4, 0.5) is 5.69 Å². The molecule has 1 atom stereocenters. The second kappa shape index (κ2) is 6.26. The Kier molecular flexibility index (Phi) is 4.66. The number of carbonyl (C=O) groups is 1. The minimum Gasteiger partial charge on any atom is -0.398 e. The maximum Gasteiger partial charge on any atom is 0.224 e. The standard InChI is InChI=1S/C14H20ClN3O/c1-17-14(19)11-3-2-6-18(9-11)8-10-4-5-12(15)13(16)7-10/h4-5,7,11H,2-3,6,8-9,16H2,1H3,(H,17,19). The normalized spacial score (nSPS) is 20.2. The number of carbonyl (C=O) groups excluding carboxylic acids is 1. The zero-order chi connectivity index (χ0) is 13.8. The molecular formula is C14H20ClN3O. The summed E-state index contributed by atoms with van der Waals surface area (Å²) in [6.45, 7) is 2.65. The molecule has 104 valence electrons. The third kappa shape index (κ3) is 3.61. The summed E-state index contributed by atoms with van der Waals surface area (Å²) in [5.74, 6) is 0.240. The molecule has 1 aliphatic heterocycles. The molecule has 0 aliphatic carbocycles. The fraction of sp³-hybridized carbons (Fsp3) is 0.500. The van der Waals surface area contributed by atoms with Crippen molar-refractivity contribution in [3.63, 3.8) is 0 Å². The maximum absolute atomic E-state index is 11.7. The van der Waals surface area contributed by atoms with Gasteiger partial charge in [0, 0.05) is 20.1 Å². The van der Waals surface area contributed by atoms with Crippen molar-refractivity contribution in [2.24, 2.45) is 5.92 Å². The van der Waals surface area contributed by atoms with Gasteiger partial charge in [-0.15, -0.1) is 0 Å². The van der Waals surface area contributed by atoms with Crippen molar-refractivity contribution >= 4 is 23.2 Å². The van der Waals surface area contributed by atoms with Crippen LogP contribution < -0.4 is 11.1 Å². The van der Waals surface area contributed by atoms with Crippen molar-refractivity contribution in [2.75, 3.05) is 25.9 Å². The van der Waals surface area contributed by atoms with Crippen molar-refractivity contribution in [2.45, 2.75) is 19.4 Å². The molecule has 0 bridgehead atoms. The van der Waals surface area contributed by atoms with Crippen LogP contribution in [0.25, 0.3) is 0 Å². The zero-order valence-corrected chi connectivity index (χ0v) is 11.9. The van der Waals surface area contributed by atoms with Crippen LogP contribution >= 0.6 is 11.6 Å². The molecule has 1 aromatic rings. The molecule has 0 aromatic heterocycles. The van der Waals surface area contributed by atoms with E-state index in [0.717, 1.165) is 38.0 Å². The van der Waals surface area contributed by atoms with Gasteiger partial charge < -0.3 is 11.1 Å². The molecule has 2 rings (SSSR count). The minimum absolute atomic E-state index is 0.100. The lowest BCUT2D eigenvalue weighted by Crippen LogP contribution is -2.41. The van der Waals surface area contributed by atoms with Gasteiger partial charge in [0.1, 0.15) is 0 Å². The van der Waals surface area contributed by atoms with Crippen LogP contribution in [-0.4, -0.2) is 30.9 Å². The number of rotatable bonds is 3. The van der Waals surface area contributed by atoms with Crippen molar-refractivity contribution in [1.29, 1.82) is 0 Å². The number of hydrogen-bond donors (Lipinski definition) is 2. The number of amides is 1. The molecule has 1 unspecified atom stereocenters. The zero-order valence-electron chi connectivity index (χ0n) is 11.2. The Morgan fingerprint density at radius 3 is 3.05 bits per heavy atom. The Labute approximate surface area is 118 Å². The van der Waals surface area contributed by atoms with E-state index in [2.05, 4.69) is 10.2 Å². The van der Waals surface area contributed by atoms with Gasteiger partial charge in [-0.2, -0.15) is 0 Å². The number of nitrogen functional groups attached to an aromatic ring is 1. The van der Waals surface area contributed by atoms with E-state index in [0.29, 0.717) is 10.7 Å². The number of likely N-dealkylation sites (tertiary alicyclic amines) is 1. The predicted octanol–water partition coefficient (Wildman–Crippen LogP) is 1.88. The van der Waals surface area contributed by atoms with Crippen LogP contribution in [0.2, 0.25) is 5.02 Å². The molecular weight excluding hydrogens is 262 g/mol. The van der Waals surface area contributed by atoms with Crippen LogP contribution in [0.15, 0.2) is 18.2 Å². The van der Waals surface area contributed by atoms with Gasteiger partial charge in [0.15, 0.2) is 0 Å². The van der Waals surface area contributed by atoms with Crippen LogP contribution in [0.3, 0.4) is 0 Å². The lowest BCUT2D eigenvalue weighted by molar-refractivity contribution is -0.126. The van der Waals surface area contributed by atoms with Crippen molar-refractivity contribution in [1.82, 2.24) is 10.2 Å². The third-order valence-electron chi connectivity index (χ3n) is 3.59. The third-order valence-corrected chi connectivity index (χ3v) is 3.93. The number of nitrogens with zero attached hydrogens (tertiary/aromatic N) is 1. The van der Waals surface area contributed by atoms with E-state index >= 15 is 0 Å². The molecule has 5 heteroatoms. The molecule has 1 amide bonds. The van der Waals surface area contributed by atoms with E-state index in [9.17, 15) is 4.79 Å². The SMILES string of the molecule is CNC(=O)C1CCCN(Cc2ccc(Cl)c(N)c2)C1. The average molecular weight is 282 g/mol. The van der Waals surface area contributed by atoms with Gasteiger partial charge in [-0.1, -0.05) is 17.7 Å². The quantitative estimate of drug-likeness (QED) is 0.832. The van der Waals surface area contributed by atoms with E-state index < -0.39 is 0 Å². The van der Waals surface area contributed by atoms with E-state index in [-0.39, 0.29) is 11.8 Å². The summed E-state index contributed by atoms with van der Waals surface area (Å²) in [5.41, 5.74) is 7.56. The molecule has 1 heterocycles. The molecule has 3 N–H and O–H groups in total. The molecule has 19 heavy (non-hydrogen) atoms. The van der Waals surface area contributed by atoms with Crippen LogP contribution in [0.1, 0.15) is 18.4 Å². The van der Waals surface area contributed by atoms with Crippen LogP contribution in [-0.2, 0) is 11.3 Å². The molecule has 4 nitrogen and oxygen atoms in total. The topological polar surface area (TPSA) is 58.4 Å². The summed E-state index contributed by atoms with van der Waals surface area (Å²) in [6, 6.07) is 5.72. The molecule has 1 fully saturated rings. The molecule has 0 radical (unpaired) electrons. The van der Waals surface area contributed by atoms with E-state index in [1.807, 2.05) is 18.2 Å². The fourth-order valence-corrected chi connectivity index (χ4v) is 2.68. The molecule has 1 aromatic carbocycles. The highest BCUT2D eigenvalue weighted by molar-refractivity contribution is 6.33. The van der Waals surface area contributed by atoms with Gasteiger partial charge in [-0.25, -0.2) is 0 Å². The first kappa shape index (κ1) is 14.2. The second-order valence-electron chi connectivity index (χ2n) is 5.04. The Morgan fingerprint density at radius 2 is 2.37 bits per heavy atom. The maximum atomic E-state index is 11.7. The van der Waals surface area contributed by atoms with E-state index in [1.165, 1.54) is 0 Å². The van der Waals surface area contributed by atoms with Crippen molar-refractivity contribution in [3.8, 4) is 0 Å². The number of nitrogens with one attached hydrogen (secondary N) is 1. The van der Waals surface area contributed by atoms with Gasteiger partial charge in [0.05, 0.1) is 16.6 Å². The molecule has 0 saturated carbocycles. The molecule has 1 aliphatic rings. The summed E-state index contributed by atoms with van der Waals surface area (Å²) in [5, 5.41) is 3.32. The highest BCUT2D eigenvalue weighted by Gasteiger charge is 2.24. The van der Waals surface area contributed by atoms with E-state index in [1.54, 1.807) is 7.05 Å². The van der Waals surface area contributed by atoms with Crippen LogP contribution in [0.5, 0.6) is 0 Å². The van der Waals surface area contributed by atoms with Gasteiger partial charge in [0.2, 0.25) is 5.91 Å². The number of benzene rings is 1. The molecule has 1 saturated heterocycles. The summed E-state index contributed by atoms with van der Waals surface area (Å²) in [4.78, 5) is 14.0. The fourth-order valence-electron chi connectivity index (χ4n) is 2.57. The average Bonchev–Trinajstić information content (AvgIpc) is 2.42. The monoisotopic (exact) mass is 281 g/mol. The van der Waals surface area contributed by atoms with Crippen molar-refractivity contribution < 1.29 is 4.79 Å². The Hall–Kier alpha value is -1.26. The summed E-state index contributed by atoms with van der Waals surface area (Å²) < 4.78 is 0. The lowest BCUT2D eigenvalue weighted by atomic mass is 9.97. The number of hydrogen-bond acceptors (Lipinski definition) is 3. The number of piperidine rings is 1. The Bertz CT molecular complexity index is 464. The predicted molar refractivity (Wildman–Crippen MR) is 77.9 cm³/mol. The van der Waals surface area contributed by atoms with Crippen molar-refractivity contribution in [3.05, 3.63) is 28.8 Å². The summed E-state index contributed by atoms with van der Waals surface area (Å²) >= 11 is 5.92. The lowest BCUT2D eigenvalue weighted by Gasteiger charge is -2.31. The largest absolute Gasteiger partial charge is 0.398 e. The second-order valence-corrected chi connectivity index (χ2v) is 5.45. The Morgan fingerprint density at radius 1 is 1.58 bits per heavy atom. The number of anilines is 1. The van der Waals surface area contributed by atoms with Gasteiger partial charge >= 0.3 is 0 Å². The number of nitrogens with two attached hydrogens (primary N) is 1. The highest BCUT2D eigenvalue weighted by atomic mass is 35.5. The van der Waals surface area contributed by atoms with E-state index in [4.69, 9.17) is 17.3 Å². The Balaban J connectivity index is 1.98. The van der Waals surface area contributed by atoms with Gasteiger partial charge in [-0.3, -0.25) is 9.69 Å². The first-order valence-electron chi connectivity index (χ1n) is 6.58. The van der Waals surface area contributed by atoms with Gasteiger partial charge in [0.25, 0.3) is 0 Å². The molecule has 0 spiro atoms. The minimum atomic E-state index is 0.100. The number of halogens is 1. The first-order valence-corrected chi connectivity index (χ1v) is 6.96. The smallest absolute Gasteiger partial charge is 0.224 e. The van der Waals surface area contributed by atoms with Gasteiger partial charge in [-0.05, 0) is 37.1 Å². The first-order chi connectivity index (χ1) is 9.10. The highest BCUT2D eigenvalue weighted by Crippen LogP contribution is 2.23. The summed E-state index contributed by atoms with van der Waals surface area (Å²) in [7, 11) is 1.70. The van der Waals surface area contributed by atoms with Crippen LogP contribution in [0, 0.1) is 5.92 Å². The summed E-state index contributed by atoms with van der Waals surface area (Å²) in [6.07, 6.45) is 2.03.